The van der Waals surface area contributed by atoms with E-state index in [0.29, 0.717) is 18.8 Å². The number of likely N-dealkylation sites (N-methyl/N-ethyl adjacent to an activating group) is 2. The number of aromatic nitrogens is 2. The minimum Gasteiger partial charge on any atom is -0.314 e. The third-order valence-corrected chi connectivity index (χ3v) is 6.36. The van der Waals surface area contributed by atoms with Crippen molar-refractivity contribution in [1.29, 1.82) is 0 Å². The molecule has 0 saturated heterocycles. The molecule has 0 fully saturated rings. The summed E-state index contributed by atoms with van der Waals surface area (Å²) >= 11 is 0. The topological polar surface area (TPSA) is 61.7 Å². The van der Waals surface area contributed by atoms with Gasteiger partial charge in [0, 0.05) is 30.5 Å². The predicted octanol–water partition coefficient (Wildman–Crippen LogP) is 3.61. The van der Waals surface area contributed by atoms with Crippen LogP contribution in [0.2, 0.25) is 0 Å². The maximum atomic E-state index is 13.6. The Morgan fingerprint density at radius 2 is 1.64 bits per heavy atom. The average molecular weight is 446 g/mol. The number of anilines is 2. The van der Waals surface area contributed by atoms with E-state index in [-0.39, 0.29) is 11.8 Å². The molecular weight excluding hydrogens is 414 g/mol. The van der Waals surface area contributed by atoms with Gasteiger partial charge in [-0.2, -0.15) is 5.10 Å². The lowest BCUT2D eigenvalue weighted by atomic mass is 10.0. The number of hydrogen-bond donors (Lipinski definition) is 0. The highest BCUT2D eigenvalue weighted by Gasteiger charge is 2.32. The Bertz CT molecular complexity index is 1160. The first-order chi connectivity index (χ1) is 15.8. The van der Waals surface area contributed by atoms with Crippen LogP contribution in [0, 0.1) is 13.8 Å². The molecule has 0 unspecified atom stereocenters. The molecule has 2 aromatic carbocycles. The molecule has 4 rings (SSSR count). The molecule has 1 aromatic heterocycles. The van der Waals surface area contributed by atoms with E-state index in [1.165, 1.54) is 0 Å². The molecule has 0 N–H and O–H groups in total. The Labute approximate surface area is 195 Å². The molecule has 1 aliphatic rings. The standard InChI is InChI=1S/C26H31N5O2/c1-6-28(4)17-24(32)29(5)20-11-13-21(14-12-20)30-16-15-23-19(3)27-31(25(23)26(30)33)22-9-7-18(2)8-10-22/h7-14H,6,15-17H2,1-5H3. The van der Waals surface area contributed by atoms with Crippen molar-refractivity contribution in [2.45, 2.75) is 27.2 Å². The zero-order valence-electron chi connectivity index (χ0n) is 20.0. The Hall–Kier alpha value is -3.45. The minimum absolute atomic E-state index is 0.0308. The van der Waals surface area contributed by atoms with Gasteiger partial charge in [-0.25, -0.2) is 4.68 Å². The maximum Gasteiger partial charge on any atom is 0.277 e. The van der Waals surface area contributed by atoms with E-state index in [4.69, 9.17) is 0 Å². The number of amides is 2. The van der Waals surface area contributed by atoms with Crippen LogP contribution in [0.15, 0.2) is 48.5 Å². The summed E-state index contributed by atoms with van der Waals surface area (Å²) in [6.07, 6.45) is 0.752. The fraction of sp³-hybridized carbons (Fsp3) is 0.346. The minimum atomic E-state index is -0.0563. The van der Waals surface area contributed by atoms with Crippen molar-refractivity contribution in [3.05, 3.63) is 71.0 Å². The summed E-state index contributed by atoms with van der Waals surface area (Å²) in [5, 5.41) is 4.68. The monoisotopic (exact) mass is 445 g/mol. The summed E-state index contributed by atoms with van der Waals surface area (Å²) in [7, 11) is 3.70. The van der Waals surface area contributed by atoms with E-state index >= 15 is 0 Å². The first kappa shape index (κ1) is 22.7. The van der Waals surface area contributed by atoms with Crippen molar-refractivity contribution in [2.24, 2.45) is 0 Å². The van der Waals surface area contributed by atoms with Crippen molar-refractivity contribution >= 4 is 23.2 Å². The zero-order valence-corrected chi connectivity index (χ0v) is 20.0. The fourth-order valence-corrected chi connectivity index (χ4v) is 4.10. The van der Waals surface area contributed by atoms with Crippen molar-refractivity contribution < 1.29 is 9.59 Å². The number of hydrogen-bond acceptors (Lipinski definition) is 4. The number of rotatable bonds is 6. The second-order valence-electron chi connectivity index (χ2n) is 8.67. The molecule has 0 aliphatic carbocycles. The van der Waals surface area contributed by atoms with Crippen LogP contribution in [0.1, 0.15) is 34.2 Å². The van der Waals surface area contributed by atoms with E-state index in [1.54, 1.807) is 21.5 Å². The molecular formula is C26H31N5O2. The Balaban J connectivity index is 1.59. The summed E-state index contributed by atoms with van der Waals surface area (Å²) in [5.41, 5.74) is 6.20. The molecule has 0 spiro atoms. The SMILES string of the molecule is CCN(C)CC(=O)N(C)c1ccc(N2CCc3c(C)nn(-c4ccc(C)cc4)c3C2=O)cc1. The van der Waals surface area contributed by atoms with Gasteiger partial charge in [0.25, 0.3) is 5.91 Å². The molecule has 3 aromatic rings. The summed E-state index contributed by atoms with van der Waals surface area (Å²) in [4.78, 5) is 31.5. The van der Waals surface area contributed by atoms with Gasteiger partial charge >= 0.3 is 0 Å². The molecule has 33 heavy (non-hydrogen) atoms. The van der Waals surface area contributed by atoms with Crippen LogP contribution in [0.25, 0.3) is 5.69 Å². The van der Waals surface area contributed by atoms with Crippen LogP contribution < -0.4 is 9.80 Å². The van der Waals surface area contributed by atoms with E-state index in [9.17, 15) is 9.59 Å². The molecule has 0 atom stereocenters. The van der Waals surface area contributed by atoms with Gasteiger partial charge in [0.2, 0.25) is 5.91 Å². The Morgan fingerprint density at radius 1 is 1.00 bits per heavy atom. The lowest BCUT2D eigenvalue weighted by Gasteiger charge is -2.28. The maximum absolute atomic E-state index is 13.6. The highest BCUT2D eigenvalue weighted by molar-refractivity contribution is 6.07. The molecule has 0 bridgehead atoms. The molecule has 7 heteroatoms. The zero-order chi connectivity index (χ0) is 23.7. The number of benzene rings is 2. The van der Waals surface area contributed by atoms with Gasteiger partial charge in [-0.05, 0) is 70.3 Å². The Morgan fingerprint density at radius 3 is 2.27 bits per heavy atom. The second-order valence-corrected chi connectivity index (χ2v) is 8.67. The van der Waals surface area contributed by atoms with Gasteiger partial charge in [-0.3, -0.25) is 14.5 Å². The molecule has 1 aliphatic heterocycles. The molecule has 2 heterocycles. The number of nitrogens with zero attached hydrogens (tertiary/aromatic N) is 5. The van der Waals surface area contributed by atoms with Gasteiger partial charge in [-0.15, -0.1) is 0 Å². The predicted molar refractivity (Wildman–Crippen MR) is 131 cm³/mol. The normalized spacial score (nSPS) is 13.4. The number of carbonyl (C=O) groups is 2. The van der Waals surface area contributed by atoms with Gasteiger partial charge in [0.1, 0.15) is 5.69 Å². The number of aryl methyl sites for hydroxylation is 2. The van der Waals surface area contributed by atoms with Gasteiger partial charge < -0.3 is 9.80 Å². The summed E-state index contributed by atoms with van der Waals surface area (Å²) < 4.78 is 1.77. The largest absolute Gasteiger partial charge is 0.314 e. The number of fused-ring (bicyclic) bond motifs is 1. The number of carbonyl (C=O) groups excluding carboxylic acids is 2. The Kier molecular flexibility index (Phi) is 6.33. The molecule has 0 radical (unpaired) electrons. The van der Waals surface area contributed by atoms with Crippen LogP contribution in [0.3, 0.4) is 0 Å². The third-order valence-electron chi connectivity index (χ3n) is 6.36. The van der Waals surface area contributed by atoms with E-state index in [1.807, 2.05) is 81.2 Å². The quantitative estimate of drug-likeness (QED) is 0.582. The van der Waals surface area contributed by atoms with Crippen molar-refractivity contribution in [2.75, 3.05) is 43.5 Å². The van der Waals surface area contributed by atoms with Crippen LogP contribution in [-0.4, -0.2) is 60.2 Å². The molecule has 172 valence electrons. The van der Waals surface area contributed by atoms with Crippen LogP contribution in [-0.2, 0) is 11.2 Å². The van der Waals surface area contributed by atoms with Crippen LogP contribution >= 0.6 is 0 Å². The highest BCUT2D eigenvalue weighted by atomic mass is 16.2. The van der Waals surface area contributed by atoms with Crippen molar-refractivity contribution in [3.63, 3.8) is 0 Å². The molecule has 7 nitrogen and oxygen atoms in total. The summed E-state index contributed by atoms with van der Waals surface area (Å²) in [6.45, 7) is 7.80. The van der Waals surface area contributed by atoms with Crippen molar-refractivity contribution in [3.8, 4) is 5.69 Å². The lowest BCUT2D eigenvalue weighted by Crippen LogP contribution is -2.39. The second kappa shape index (κ2) is 9.19. The highest BCUT2D eigenvalue weighted by Crippen LogP contribution is 2.29. The molecule has 2 amide bonds. The fourth-order valence-electron chi connectivity index (χ4n) is 4.10. The van der Waals surface area contributed by atoms with Gasteiger partial charge in [0.15, 0.2) is 0 Å². The van der Waals surface area contributed by atoms with Crippen molar-refractivity contribution in [1.82, 2.24) is 14.7 Å². The first-order valence-corrected chi connectivity index (χ1v) is 11.3. The van der Waals surface area contributed by atoms with E-state index < -0.39 is 0 Å². The van der Waals surface area contributed by atoms with E-state index in [0.717, 1.165) is 46.8 Å². The van der Waals surface area contributed by atoms with Crippen LogP contribution in [0.4, 0.5) is 11.4 Å². The van der Waals surface area contributed by atoms with Gasteiger partial charge in [-0.1, -0.05) is 24.6 Å². The summed E-state index contributed by atoms with van der Waals surface area (Å²) in [6, 6.07) is 15.6. The van der Waals surface area contributed by atoms with Gasteiger partial charge in [0.05, 0.1) is 17.9 Å². The molecule has 0 saturated carbocycles. The summed E-state index contributed by atoms with van der Waals surface area (Å²) in [5.74, 6) is -0.0255. The lowest BCUT2D eigenvalue weighted by molar-refractivity contribution is -0.119. The van der Waals surface area contributed by atoms with Crippen LogP contribution in [0.5, 0.6) is 0 Å². The smallest absolute Gasteiger partial charge is 0.277 e. The average Bonchev–Trinajstić information content (AvgIpc) is 3.16. The third kappa shape index (κ3) is 4.41. The van der Waals surface area contributed by atoms with E-state index in [2.05, 4.69) is 5.10 Å². The first-order valence-electron chi connectivity index (χ1n) is 11.3.